The topological polar surface area (TPSA) is 61.0 Å². The molecule has 0 spiro atoms. The normalized spacial score (nSPS) is 10.3. The zero-order valence-corrected chi connectivity index (χ0v) is 10.2. The molecular weight excluding hydrogens is 214 g/mol. The van der Waals surface area contributed by atoms with Crippen molar-refractivity contribution in [3.63, 3.8) is 0 Å². The average molecular weight is 229 g/mol. The van der Waals surface area contributed by atoms with Gasteiger partial charge in [-0.1, -0.05) is 6.07 Å². The molecule has 1 aromatic carbocycles. The Bertz CT molecular complexity index is 512. The van der Waals surface area contributed by atoms with E-state index in [9.17, 15) is 0 Å². The number of aryl methyl sites for hydroxylation is 1. The molecule has 0 bridgehead atoms. The van der Waals surface area contributed by atoms with Crippen LogP contribution in [0.25, 0.3) is 11.1 Å². The lowest BCUT2D eigenvalue weighted by atomic mass is 10.0. The first-order valence-electron chi connectivity index (χ1n) is 5.35. The van der Waals surface area contributed by atoms with Crippen molar-refractivity contribution in [3.05, 3.63) is 35.7 Å². The summed E-state index contributed by atoms with van der Waals surface area (Å²) < 4.78 is 4.92. The highest BCUT2D eigenvalue weighted by molar-refractivity contribution is 5.69. The standard InChI is InChI=1S/C13H15N3O/c1-8-4-10(5-12(14)9(8)2)11-6-15-13(17-3)16-7-11/h4-7H,14H2,1-3H3. The Morgan fingerprint density at radius 2 is 1.71 bits per heavy atom. The van der Waals surface area contributed by atoms with E-state index in [1.54, 1.807) is 19.5 Å². The van der Waals surface area contributed by atoms with Gasteiger partial charge in [0.1, 0.15) is 0 Å². The van der Waals surface area contributed by atoms with E-state index in [2.05, 4.69) is 16.0 Å². The van der Waals surface area contributed by atoms with Crippen molar-refractivity contribution in [2.24, 2.45) is 0 Å². The molecule has 1 aromatic heterocycles. The fraction of sp³-hybridized carbons (Fsp3) is 0.231. The van der Waals surface area contributed by atoms with Crippen LogP contribution in [0.3, 0.4) is 0 Å². The molecular formula is C13H15N3O. The van der Waals surface area contributed by atoms with Crippen molar-refractivity contribution >= 4 is 5.69 Å². The Morgan fingerprint density at radius 1 is 1.06 bits per heavy atom. The van der Waals surface area contributed by atoms with Crippen LogP contribution in [0.2, 0.25) is 0 Å². The van der Waals surface area contributed by atoms with Gasteiger partial charge >= 0.3 is 6.01 Å². The summed E-state index contributed by atoms with van der Waals surface area (Å²) >= 11 is 0. The van der Waals surface area contributed by atoms with E-state index in [-0.39, 0.29) is 0 Å². The Labute approximate surface area is 100 Å². The van der Waals surface area contributed by atoms with Crippen LogP contribution in [0.1, 0.15) is 11.1 Å². The maximum absolute atomic E-state index is 5.95. The molecule has 0 aliphatic carbocycles. The zero-order chi connectivity index (χ0) is 12.4. The van der Waals surface area contributed by atoms with Gasteiger partial charge in [0.05, 0.1) is 7.11 Å². The highest BCUT2D eigenvalue weighted by atomic mass is 16.5. The number of rotatable bonds is 2. The van der Waals surface area contributed by atoms with Gasteiger partial charge in [0.25, 0.3) is 0 Å². The van der Waals surface area contributed by atoms with Crippen molar-refractivity contribution in [3.8, 4) is 17.1 Å². The lowest BCUT2D eigenvalue weighted by molar-refractivity contribution is 0.380. The second-order valence-corrected chi connectivity index (χ2v) is 3.97. The van der Waals surface area contributed by atoms with E-state index in [0.29, 0.717) is 6.01 Å². The van der Waals surface area contributed by atoms with Crippen LogP contribution >= 0.6 is 0 Å². The molecule has 0 saturated carbocycles. The number of aromatic nitrogens is 2. The molecule has 0 radical (unpaired) electrons. The molecule has 2 N–H and O–H groups in total. The minimum atomic E-state index is 0.366. The first kappa shape index (κ1) is 11.4. The lowest BCUT2D eigenvalue weighted by Crippen LogP contribution is -1.95. The molecule has 0 saturated heterocycles. The number of nitrogens with zero attached hydrogens (tertiary/aromatic N) is 2. The molecule has 0 atom stereocenters. The van der Waals surface area contributed by atoms with Crippen molar-refractivity contribution in [2.45, 2.75) is 13.8 Å². The van der Waals surface area contributed by atoms with Gasteiger partial charge in [-0.15, -0.1) is 0 Å². The predicted molar refractivity (Wildman–Crippen MR) is 67.9 cm³/mol. The Hall–Kier alpha value is -2.10. The fourth-order valence-electron chi connectivity index (χ4n) is 1.62. The number of hydrogen-bond acceptors (Lipinski definition) is 4. The smallest absolute Gasteiger partial charge is 0.316 e. The van der Waals surface area contributed by atoms with Crippen molar-refractivity contribution in [1.82, 2.24) is 9.97 Å². The minimum absolute atomic E-state index is 0.366. The van der Waals surface area contributed by atoms with Gasteiger partial charge in [0.2, 0.25) is 0 Å². The van der Waals surface area contributed by atoms with Gasteiger partial charge in [-0.2, -0.15) is 0 Å². The van der Waals surface area contributed by atoms with E-state index in [4.69, 9.17) is 10.5 Å². The SMILES string of the molecule is COc1ncc(-c2cc(C)c(C)c(N)c2)cn1. The summed E-state index contributed by atoms with van der Waals surface area (Å²) in [6.45, 7) is 4.05. The molecule has 0 fully saturated rings. The van der Waals surface area contributed by atoms with Crippen molar-refractivity contribution in [1.29, 1.82) is 0 Å². The molecule has 0 aliphatic rings. The molecule has 4 heteroatoms. The van der Waals surface area contributed by atoms with Gasteiger partial charge in [0, 0.05) is 23.6 Å². The van der Waals surface area contributed by atoms with Gasteiger partial charge < -0.3 is 10.5 Å². The molecule has 2 rings (SSSR count). The quantitative estimate of drug-likeness (QED) is 0.803. The van der Waals surface area contributed by atoms with Crippen LogP contribution < -0.4 is 10.5 Å². The number of nitrogen functional groups attached to an aromatic ring is 1. The van der Waals surface area contributed by atoms with Gasteiger partial charge in [-0.3, -0.25) is 0 Å². The molecule has 0 amide bonds. The Balaban J connectivity index is 2.45. The maximum atomic E-state index is 5.95. The number of benzene rings is 1. The van der Waals surface area contributed by atoms with Crippen LogP contribution in [0, 0.1) is 13.8 Å². The van der Waals surface area contributed by atoms with Crippen LogP contribution in [0.15, 0.2) is 24.5 Å². The third-order valence-electron chi connectivity index (χ3n) is 2.85. The number of anilines is 1. The van der Waals surface area contributed by atoms with E-state index in [0.717, 1.165) is 27.9 Å². The molecule has 1 heterocycles. The number of nitrogens with two attached hydrogens (primary N) is 1. The third kappa shape index (κ3) is 2.20. The molecule has 2 aromatic rings. The van der Waals surface area contributed by atoms with Crippen LogP contribution in [-0.4, -0.2) is 17.1 Å². The van der Waals surface area contributed by atoms with Gasteiger partial charge in [-0.25, -0.2) is 9.97 Å². The van der Waals surface area contributed by atoms with Crippen LogP contribution in [-0.2, 0) is 0 Å². The summed E-state index contributed by atoms with van der Waals surface area (Å²) in [4.78, 5) is 8.16. The lowest BCUT2D eigenvalue weighted by Gasteiger charge is -2.08. The highest BCUT2D eigenvalue weighted by Crippen LogP contribution is 2.26. The average Bonchev–Trinajstić information content (AvgIpc) is 2.35. The Morgan fingerprint density at radius 3 is 2.24 bits per heavy atom. The molecule has 4 nitrogen and oxygen atoms in total. The molecule has 0 unspecified atom stereocenters. The summed E-state index contributed by atoms with van der Waals surface area (Å²) in [6.07, 6.45) is 3.46. The van der Waals surface area contributed by atoms with Crippen LogP contribution in [0.5, 0.6) is 6.01 Å². The fourth-order valence-corrected chi connectivity index (χ4v) is 1.62. The summed E-state index contributed by atoms with van der Waals surface area (Å²) in [6, 6.07) is 4.38. The second-order valence-electron chi connectivity index (χ2n) is 3.97. The first-order chi connectivity index (χ1) is 8.11. The monoisotopic (exact) mass is 229 g/mol. The van der Waals surface area contributed by atoms with Gasteiger partial charge in [0.15, 0.2) is 0 Å². The molecule has 17 heavy (non-hydrogen) atoms. The highest BCUT2D eigenvalue weighted by Gasteiger charge is 2.05. The first-order valence-corrected chi connectivity index (χ1v) is 5.35. The number of ether oxygens (including phenoxy) is 1. The maximum Gasteiger partial charge on any atom is 0.316 e. The largest absolute Gasteiger partial charge is 0.467 e. The Kier molecular flexibility index (Phi) is 2.95. The number of methoxy groups -OCH3 is 1. The van der Waals surface area contributed by atoms with E-state index < -0.39 is 0 Å². The van der Waals surface area contributed by atoms with Crippen LogP contribution in [0.4, 0.5) is 5.69 Å². The summed E-state index contributed by atoms with van der Waals surface area (Å²) in [5.74, 6) is 0. The summed E-state index contributed by atoms with van der Waals surface area (Å²) in [5, 5.41) is 0. The summed E-state index contributed by atoms with van der Waals surface area (Å²) in [7, 11) is 1.54. The molecule has 0 aliphatic heterocycles. The second kappa shape index (κ2) is 4.41. The predicted octanol–water partition coefficient (Wildman–Crippen LogP) is 2.35. The third-order valence-corrected chi connectivity index (χ3v) is 2.85. The van der Waals surface area contributed by atoms with E-state index >= 15 is 0 Å². The van der Waals surface area contributed by atoms with Crippen molar-refractivity contribution in [2.75, 3.05) is 12.8 Å². The zero-order valence-electron chi connectivity index (χ0n) is 10.2. The minimum Gasteiger partial charge on any atom is -0.467 e. The molecule has 88 valence electrons. The number of hydrogen-bond donors (Lipinski definition) is 1. The van der Waals surface area contributed by atoms with E-state index in [1.807, 2.05) is 19.9 Å². The van der Waals surface area contributed by atoms with E-state index in [1.165, 1.54) is 0 Å². The van der Waals surface area contributed by atoms with Crippen molar-refractivity contribution < 1.29 is 4.74 Å². The summed E-state index contributed by atoms with van der Waals surface area (Å²) in [5.41, 5.74) is 11.0. The van der Waals surface area contributed by atoms with Gasteiger partial charge in [-0.05, 0) is 36.6 Å².